The van der Waals surface area contributed by atoms with Crippen molar-refractivity contribution >= 4 is 11.4 Å². The number of para-hydroxylation sites is 1. The Hall–Kier alpha value is -1.90. The fraction of sp³-hybridized carbons (Fsp3) is 0.182. The van der Waals surface area contributed by atoms with Crippen molar-refractivity contribution in [3.05, 3.63) is 30.3 Å². The highest BCUT2D eigenvalue weighted by Crippen LogP contribution is 2.37. The molecule has 0 aliphatic carbocycles. The molecule has 0 aliphatic rings. The first kappa shape index (κ1) is 13.2. The summed E-state index contributed by atoms with van der Waals surface area (Å²) in [5.74, 6) is -3.85. The zero-order valence-corrected chi connectivity index (χ0v) is 8.30. The van der Waals surface area contributed by atoms with Crippen molar-refractivity contribution in [1.29, 1.82) is 0 Å². The highest BCUT2D eigenvalue weighted by atomic mass is 19.4. The van der Waals surface area contributed by atoms with E-state index >= 15 is 0 Å². The molecule has 0 radical (unpaired) electrons. The second-order valence-corrected chi connectivity index (χ2v) is 3.01. The number of rotatable bonds is 2. The molecule has 1 nitrogen and oxygen atoms in total. The largest absolute Gasteiger partial charge is 0.460 e. The van der Waals surface area contributed by atoms with E-state index in [1.54, 1.807) is 6.07 Å². The molecule has 0 saturated heterocycles. The van der Waals surface area contributed by atoms with Gasteiger partial charge in [-0.1, -0.05) is 18.2 Å². The summed E-state index contributed by atoms with van der Waals surface area (Å²) in [6, 6.07) is 6.99. The molecule has 0 spiro atoms. The van der Waals surface area contributed by atoms with Gasteiger partial charge in [-0.15, -0.1) is 6.42 Å². The number of hydrogen-bond donors (Lipinski definition) is 0. The molecule has 1 aromatic rings. The van der Waals surface area contributed by atoms with Gasteiger partial charge in [0.25, 0.3) is 0 Å². The Morgan fingerprint density at radius 1 is 1.06 bits per heavy atom. The summed E-state index contributed by atoms with van der Waals surface area (Å²) < 4.78 is 61.9. The lowest BCUT2D eigenvalue weighted by Crippen LogP contribution is -2.43. The van der Waals surface area contributed by atoms with Crippen LogP contribution in [0.2, 0.25) is 0 Å². The smallest absolute Gasteiger partial charge is 0.238 e. The molecular weight excluding hydrogens is 241 g/mol. The molecule has 0 N–H and O–H groups in total. The average Bonchev–Trinajstić information content (AvgIpc) is 2.25. The Balaban J connectivity index is 3.19. The van der Waals surface area contributed by atoms with Crippen LogP contribution >= 0.6 is 0 Å². The zero-order valence-electron chi connectivity index (χ0n) is 8.30. The summed E-state index contributed by atoms with van der Waals surface area (Å²) in [4.78, 5) is 3.13. The molecule has 0 atom stereocenters. The predicted molar refractivity (Wildman–Crippen MR) is 53.4 cm³/mol. The molecule has 0 aromatic heterocycles. The van der Waals surface area contributed by atoms with Gasteiger partial charge in [-0.3, -0.25) is 0 Å². The zero-order chi connectivity index (χ0) is 13.1. The van der Waals surface area contributed by atoms with Gasteiger partial charge >= 0.3 is 12.1 Å². The van der Waals surface area contributed by atoms with Crippen molar-refractivity contribution in [2.24, 2.45) is 4.99 Å². The summed E-state index contributed by atoms with van der Waals surface area (Å²) in [5, 5.41) is 0. The minimum absolute atomic E-state index is 0.0654. The SMILES string of the molecule is C#CC(=Nc1ccccc1)C(F)(F)C(F)(F)F. The molecule has 0 fully saturated rings. The van der Waals surface area contributed by atoms with E-state index in [2.05, 4.69) is 11.4 Å². The summed E-state index contributed by atoms with van der Waals surface area (Å²) in [7, 11) is 0. The predicted octanol–water partition coefficient (Wildman–Crippen LogP) is 3.59. The van der Waals surface area contributed by atoms with Crippen molar-refractivity contribution in [2.75, 3.05) is 0 Å². The normalized spacial score (nSPS) is 13.3. The van der Waals surface area contributed by atoms with E-state index in [0.29, 0.717) is 0 Å². The minimum Gasteiger partial charge on any atom is -0.238 e. The second-order valence-electron chi connectivity index (χ2n) is 3.01. The van der Waals surface area contributed by atoms with Crippen LogP contribution in [0.25, 0.3) is 0 Å². The maximum Gasteiger partial charge on any atom is 0.460 e. The molecule has 0 unspecified atom stereocenters. The Bertz CT molecular complexity index is 453. The van der Waals surface area contributed by atoms with E-state index in [-0.39, 0.29) is 5.69 Å². The Kier molecular flexibility index (Phi) is 3.51. The average molecular weight is 247 g/mol. The van der Waals surface area contributed by atoms with E-state index in [1.165, 1.54) is 30.2 Å². The van der Waals surface area contributed by atoms with Crippen LogP contribution in [0, 0.1) is 12.3 Å². The maximum absolute atomic E-state index is 12.9. The fourth-order valence-corrected chi connectivity index (χ4v) is 0.959. The molecule has 0 bridgehead atoms. The number of alkyl halides is 5. The van der Waals surface area contributed by atoms with E-state index < -0.39 is 17.8 Å². The van der Waals surface area contributed by atoms with Crippen molar-refractivity contribution in [1.82, 2.24) is 0 Å². The highest BCUT2D eigenvalue weighted by Gasteiger charge is 2.61. The summed E-state index contributed by atoms with van der Waals surface area (Å²) in [6.45, 7) is 0. The van der Waals surface area contributed by atoms with Crippen LogP contribution in [0.15, 0.2) is 35.3 Å². The van der Waals surface area contributed by atoms with Crippen LogP contribution < -0.4 is 0 Å². The Labute approximate surface area is 94.0 Å². The van der Waals surface area contributed by atoms with Crippen LogP contribution in [-0.4, -0.2) is 17.8 Å². The quantitative estimate of drug-likeness (QED) is 0.430. The van der Waals surface area contributed by atoms with Crippen molar-refractivity contribution in [2.45, 2.75) is 12.1 Å². The molecule has 1 aromatic carbocycles. The first-order chi connectivity index (χ1) is 7.79. The molecule has 0 aliphatic heterocycles. The van der Waals surface area contributed by atoms with Crippen molar-refractivity contribution in [3.8, 4) is 12.3 Å². The number of aliphatic imine (C=N–C) groups is 1. The van der Waals surface area contributed by atoms with Crippen molar-refractivity contribution in [3.63, 3.8) is 0 Å². The first-order valence-corrected chi connectivity index (χ1v) is 4.34. The van der Waals surface area contributed by atoms with Crippen LogP contribution in [0.4, 0.5) is 27.6 Å². The molecule has 0 saturated carbocycles. The van der Waals surface area contributed by atoms with Gasteiger partial charge in [0.1, 0.15) is 0 Å². The number of terminal acetylenes is 1. The summed E-state index contributed by atoms with van der Waals surface area (Å²) >= 11 is 0. The number of hydrogen-bond acceptors (Lipinski definition) is 1. The van der Waals surface area contributed by atoms with Gasteiger partial charge in [-0.25, -0.2) is 4.99 Å². The van der Waals surface area contributed by atoms with E-state index in [1.807, 2.05) is 0 Å². The Morgan fingerprint density at radius 3 is 2.00 bits per heavy atom. The molecule has 0 amide bonds. The number of halogens is 5. The third-order valence-electron chi connectivity index (χ3n) is 1.79. The minimum atomic E-state index is -5.76. The Morgan fingerprint density at radius 2 is 1.59 bits per heavy atom. The van der Waals surface area contributed by atoms with Crippen LogP contribution in [0.1, 0.15) is 0 Å². The van der Waals surface area contributed by atoms with Crippen LogP contribution in [0.5, 0.6) is 0 Å². The number of benzene rings is 1. The maximum atomic E-state index is 12.9. The first-order valence-electron chi connectivity index (χ1n) is 4.34. The molecule has 6 heteroatoms. The van der Waals surface area contributed by atoms with Gasteiger partial charge in [0.2, 0.25) is 0 Å². The third-order valence-corrected chi connectivity index (χ3v) is 1.79. The lowest BCUT2D eigenvalue weighted by Gasteiger charge is -2.18. The topological polar surface area (TPSA) is 12.4 Å². The molecule has 17 heavy (non-hydrogen) atoms. The molecule has 1 rings (SSSR count). The van der Waals surface area contributed by atoms with Gasteiger partial charge in [-0.05, 0) is 18.1 Å². The summed E-state index contributed by atoms with van der Waals surface area (Å²) in [6.07, 6.45) is -1.11. The summed E-state index contributed by atoms with van der Waals surface area (Å²) in [5.41, 5.74) is -1.72. The van der Waals surface area contributed by atoms with Gasteiger partial charge in [-0.2, -0.15) is 22.0 Å². The monoisotopic (exact) mass is 247 g/mol. The molecule has 0 heterocycles. The van der Waals surface area contributed by atoms with Gasteiger partial charge in [0.15, 0.2) is 5.71 Å². The van der Waals surface area contributed by atoms with Gasteiger partial charge in [0, 0.05) is 0 Å². The lowest BCUT2D eigenvalue weighted by atomic mass is 10.2. The standard InChI is InChI=1S/C11H6F5N/c1-2-9(10(12,13)11(14,15)16)17-8-6-4-3-5-7-8/h1,3-7H. The second kappa shape index (κ2) is 4.53. The van der Waals surface area contributed by atoms with E-state index in [9.17, 15) is 22.0 Å². The lowest BCUT2D eigenvalue weighted by molar-refractivity contribution is -0.248. The van der Waals surface area contributed by atoms with Gasteiger partial charge in [0.05, 0.1) is 5.69 Å². The van der Waals surface area contributed by atoms with Crippen LogP contribution in [-0.2, 0) is 0 Å². The van der Waals surface area contributed by atoms with Gasteiger partial charge < -0.3 is 0 Å². The number of nitrogens with zero attached hydrogens (tertiary/aromatic N) is 1. The van der Waals surface area contributed by atoms with Crippen molar-refractivity contribution < 1.29 is 22.0 Å². The van der Waals surface area contributed by atoms with Crippen LogP contribution in [0.3, 0.4) is 0 Å². The van der Waals surface area contributed by atoms with E-state index in [4.69, 9.17) is 0 Å². The fourth-order valence-electron chi connectivity index (χ4n) is 0.959. The molecule has 90 valence electrons. The van der Waals surface area contributed by atoms with E-state index in [0.717, 1.165) is 0 Å². The highest BCUT2D eigenvalue weighted by molar-refractivity contribution is 6.07. The molecular formula is C11H6F5N. The third kappa shape index (κ3) is 2.81.